The Morgan fingerprint density at radius 1 is 1.00 bits per heavy atom. The summed E-state index contributed by atoms with van der Waals surface area (Å²) in [4.78, 5) is 19.0. The maximum atomic E-state index is 12.4. The lowest BCUT2D eigenvalue weighted by Gasteiger charge is -2.24. The summed E-state index contributed by atoms with van der Waals surface area (Å²) >= 11 is 0. The van der Waals surface area contributed by atoms with Crippen molar-refractivity contribution in [2.75, 3.05) is 6.54 Å². The van der Waals surface area contributed by atoms with Gasteiger partial charge in [0, 0.05) is 48.8 Å². The van der Waals surface area contributed by atoms with Gasteiger partial charge in [0.05, 0.1) is 17.9 Å². The molecule has 5 rings (SSSR count). The van der Waals surface area contributed by atoms with Gasteiger partial charge in [-0.1, -0.05) is 0 Å². The van der Waals surface area contributed by atoms with E-state index in [0.717, 1.165) is 55.8 Å². The highest BCUT2D eigenvalue weighted by atomic mass is 16.1. The lowest BCUT2D eigenvalue weighted by Crippen LogP contribution is -2.36. The van der Waals surface area contributed by atoms with Gasteiger partial charge in [-0.2, -0.15) is 10.2 Å². The fourth-order valence-corrected chi connectivity index (χ4v) is 4.53. The standard InChI is InChI=1S/C22H26N6O/c29-22-7-6-21(17-8-10-23-11-9-17)25-28(22)16-20-5-3-12-26(20)15-18-14-19-4-1-2-13-27(19)24-18/h6-11,14,20H,1-5,12-13,15-16H2. The van der Waals surface area contributed by atoms with Crippen molar-refractivity contribution >= 4 is 0 Å². The average molecular weight is 390 g/mol. The van der Waals surface area contributed by atoms with E-state index in [9.17, 15) is 4.79 Å². The van der Waals surface area contributed by atoms with Crippen LogP contribution in [0.4, 0.5) is 0 Å². The number of nitrogens with zero attached hydrogens (tertiary/aromatic N) is 6. The topological polar surface area (TPSA) is 68.8 Å². The minimum Gasteiger partial charge on any atom is -0.293 e. The first-order valence-corrected chi connectivity index (χ1v) is 10.5. The van der Waals surface area contributed by atoms with E-state index in [-0.39, 0.29) is 5.56 Å². The summed E-state index contributed by atoms with van der Waals surface area (Å²) in [7, 11) is 0. The lowest BCUT2D eigenvalue weighted by molar-refractivity contribution is 0.214. The lowest BCUT2D eigenvalue weighted by atomic mass is 10.1. The number of likely N-dealkylation sites (tertiary alicyclic amines) is 1. The van der Waals surface area contributed by atoms with Crippen molar-refractivity contribution in [2.24, 2.45) is 0 Å². The molecule has 0 amide bonds. The molecule has 0 N–H and O–H groups in total. The molecule has 29 heavy (non-hydrogen) atoms. The van der Waals surface area contributed by atoms with E-state index in [1.54, 1.807) is 29.2 Å². The Labute approximate surface area is 170 Å². The van der Waals surface area contributed by atoms with Crippen LogP contribution < -0.4 is 5.56 Å². The smallest absolute Gasteiger partial charge is 0.266 e. The number of hydrogen-bond donors (Lipinski definition) is 0. The quantitative estimate of drug-likeness (QED) is 0.670. The second-order valence-electron chi connectivity index (χ2n) is 8.05. The molecule has 5 heterocycles. The Morgan fingerprint density at radius 2 is 1.90 bits per heavy atom. The third kappa shape index (κ3) is 3.87. The van der Waals surface area contributed by atoms with Gasteiger partial charge in [0.25, 0.3) is 5.56 Å². The van der Waals surface area contributed by atoms with Crippen LogP contribution in [0.3, 0.4) is 0 Å². The fourth-order valence-electron chi connectivity index (χ4n) is 4.53. The van der Waals surface area contributed by atoms with Crippen LogP contribution in [-0.4, -0.2) is 42.0 Å². The zero-order valence-electron chi connectivity index (χ0n) is 16.6. The van der Waals surface area contributed by atoms with Gasteiger partial charge < -0.3 is 0 Å². The summed E-state index contributed by atoms with van der Waals surface area (Å²) in [6.07, 6.45) is 9.35. The van der Waals surface area contributed by atoms with Crippen LogP contribution in [0.5, 0.6) is 0 Å². The molecule has 1 atom stereocenters. The fraction of sp³-hybridized carbons (Fsp3) is 0.455. The van der Waals surface area contributed by atoms with Crippen LogP contribution in [0.25, 0.3) is 11.3 Å². The van der Waals surface area contributed by atoms with Crippen LogP contribution >= 0.6 is 0 Å². The van der Waals surface area contributed by atoms with Gasteiger partial charge in [0.2, 0.25) is 0 Å². The highest BCUT2D eigenvalue weighted by Crippen LogP contribution is 2.23. The van der Waals surface area contributed by atoms with Crippen molar-refractivity contribution in [3.63, 3.8) is 0 Å². The molecule has 7 heteroatoms. The Hall–Kier alpha value is -2.80. The van der Waals surface area contributed by atoms with Gasteiger partial charge in [0.15, 0.2) is 0 Å². The van der Waals surface area contributed by atoms with E-state index in [2.05, 4.69) is 25.7 Å². The van der Waals surface area contributed by atoms with Gasteiger partial charge in [0.1, 0.15) is 0 Å². The van der Waals surface area contributed by atoms with Crippen LogP contribution in [0.15, 0.2) is 47.5 Å². The largest absolute Gasteiger partial charge is 0.293 e. The van der Waals surface area contributed by atoms with Gasteiger partial charge in [-0.05, 0) is 62.9 Å². The van der Waals surface area contributed by atoms with E-state index < -0.39 is 0 Å². The van der Waals surface area contributed by atoms with Crippen molar-refractivity contribution in [3.05, 3.63) is 64.5 Å². The molecular formula is C22H26N6O. The maximum absolute atomic E-state index is 12.4. The molecule has 1 saturated heterocycles. The third-order valence-corrected chi connectivity index (χ3v) is 6.06. The van der Waals surface area contributed by atoms with Crippen LogP contribution in [0.1, 0.15) is 37.1 Å². The van der Waals surface area contributed by atoms with Gasteiger partial charge in [-0.3, -0.25) is 19.4 Å². The summed E-state index contributed by atoms with van der Waals surface area (Å²) in [5.41, 5.74) is 4.25. The van der Waals surface area contributed by atoms with Crippen LogP contribution in [0, 0.1) is 0 Å². The van der Waals surface area contributed by atoms with Crippen molar-refractivity contribution in [1.29, 1.82) is 0 Å². The molecule has 2 aliphatic heterocycles. The maximum Gasteiger partial charge on any atom is 0.266 e. The van der Waals surface area contributed by atoms with Crippen LogP contribution in [-0.2, 0) is 26.1 Å². The van der Waals surface area contributed by atoms with Gasteiger partial charge in [-0.15, -0.1) is 0 Å². The average Bonchev–Trinajstić information content (AvgIpc) is 3.36. The number of rotatable bonds is 5. The zero-order valence-corrected chi connectivity index (χ0v) is 16.6. The second kappa shape index (κ2) is 7.91. The van der Waals surface area contributed by atoms with Crippen molar-refractivity contribution in [1.82, 2.24) is 29.4 Å². The minimum absolute atomic E-state index is 0.0490. The first kappa shape index (κ1) is 18.2. The van der Waals surface area contributed by atoms with Crippen molar-refractivity contribution < 1.29 is 0 Å². The molecule has 0 radical (unpaired) electrons. The number of hydrogen-bond acceptors (Lipinski definition) is 5. The summed E-state index contributed by atoms with van der Waals surface area (Å²) in [5, 5.41) is 9.44. The number of aromatic nitrogens is 5. The van der Waals surface area contributed by atoms with Gasteiger partial charge >= 0.3 is 0 Å². The summed E-state index contributed by atoms with van der Waals surface area (Å²) < 4.78 is 3.80. The Bertz CT molecular complexity index is 1020. The molecule has 1 fully saturated rings. The van der Waals surface area contributed by atoms with E-state index in [4.69, 9.17) is 5.10 Å². The summed E-state index contributed by atoms with van der Waals surface area (Å²) in [6, 6.07) is 9.82. The molecule has 150 valence electrons. The predicted molar refractivity (Wildman–Crippen MR) is 110 cm³/mol. The normalized spacial score (nSPS) is 19.4. The Morgan fingerprint density at radius 3 is 2.76 bits per heavy atom. The van der Waals surface area contributed by atoms with E-state index in [1.807, 2.05) is 12.1 Å². The third-order valence-electron chi connectivity index (χ3n) is 6.06. The molecule has 0 bridgehead atoms. The number of aryl methyl sites for hydroxylation is 2. The molecule has 3 aromatic rings. The van der Waals surface area contributed by atoms with Crippen molar-refractivity contribution in [2.45, 2.75) is 57.8 Å². The van der Waals surface area contributed by atoms with E-state index >= 15 is 0 Å². The summed E-state index contributed by atoms with van der Waals surface area (Å²) in [6.45, 7) is 3.56. The molecule has 0 aliphatic carbocycles. The van der Waals surface area contributed by atoms with Crippen LogP contribution in [0.2, 0.25) is 0 Å². The highest BCUT2D eigenvalue weighted by molar-refractivity contribution is 5.56. The molecule has 0 spiro atoms. The molecular weight excluding hydrogens is 364 g/mol. The monoisotopic (exact) mass is 390 g/mol. The number of fused-ring (bicyclic) bond motifs is 1. The predicted octanol–water partition coefficient (Wildman–Crippen LogP) is 2.50. The molecule has 0 saturated carbocycles. The number of pyridine rings is 1. The highest BCUT2D eigenvalue weighted by Gasteiger charge is 2.27. The molecule has 2 aliphatic rings. The zero-order chi connectivity index (χ0) is 19.6. The second-order valence-corrected chi connectivity index (χ2v) is 8.05. The molecule has 7 nitrogen and oxygen atoms in total. The van der Waals surface area contributed by atoms with E-state index in [0.29, 0.717) is 12.6 Å². The minimum atomic E-state index is -0.0490. The SMILES string of the molecule is O=c1ccc(-c2ccncc2)nn1CC1CCCN1Cc1cc2n(n1)CCCC2. The summed E-state index contributed by atoms with van der Waals surface area (Å²) in [5.74, 6) is 0. The molecule has 3 aromatic heterocycles. The molecule has 1 unspecified atom stereocenters. The van der Waals surface area contributed by atoms with Crippen molar-refractivity contribution in [3.8, 4) is 11.3 Å². The Balaban J connectivity index is 1.33. The van der Waals surface area contributed by atoms with E-state index in [1.165, 1.54) is 18.5 Å². The molecule has 0 aromatic carbocycles. The Kier molecular flexibility index (Phi) is 4.97. The first-order chi connectivity index (χ1) is 14.3. The van der Waals surface area contributed by atoms with Gasteiger partial charge in [-0.25, -0.2) is 4.68 Å². The first-order valence-electron chi connectivity index (χ1n) is 10.5.